The third kappa shape index (κ3) is 6.34. The Hall–Kier alpha value is -1.29. The fourth-order valence-electron chi connectivity index (χ4n) is 2.06. The maximum atomic E-state index is 11.9. The van der Waals surface area contributed by atoms with E-state index in [-0.39, 0.29) is 31.0 Å². The van der Waals surface area contributed by atoms with E-state index in [4.69, 9.17) is 5.11 Å². The molecule has 1 N–H and O–H groups in total. The van der Waals surface area contributed by atoms with Gasteiger partial charge in [-0.25, -0.2) is 17.2 Å². The van der Waals surface area contributed by atoms with E-state index < -0.39 is 47.3 Å². The molecule has 7 nitrogen and oxygen atoms in total. The van der Waals surface area contributed by atoms with Gasteiger partial charge >= 0.3 is 5.97 Å². The van der Waals surface area contributed by atoms with Crippen molar-refractivity contribution in [2.24, 2.45) is 0 Å². The minimum absolute atomic E-state index is 0.0943. The van der Waals surface area contributed by atoms with E-state index in [1.165, 1.54) is 0 Å². The van der Waals surface area contributed by atoms with Gasteiger partial charge in [-0.05, 0) is 6.42 Å². The summed E-state index contributed by atoms with van der Waals surface area (Å²) < 4.78 is 51.1. The zero-order chi connectivity index (χ0) is 16.0. The van der Waals surface area contributed by atoms with Gasteiger partial charge in [-0.3, -0.25) is 9.59 Å². The lowest BCUT2D eigenvalue weighted by Gasteiger charge is -2.26. The van der Waals surface area contributed by atoms with E-state index in [9.17, 15) is 26.8 Å². The monoisotopic (exact) mass is 329 g/mol. The van der Waals surface area contributed by atoms with Gasteiger partial charge in [-0.15, -0.1) is 0 Å². The van der Waals surface area contributed by atoms with Gasteiger partial charge < -0.3 is 14.7 Å². The van der Waals surface area contributed by atoms with Gasteiger partial charge in [0.2, 0.25) is 5.91 Å². The lowest BCUT2D eigenvalue weighted by molar-refractivity contribution is -0.146. The smallest absolute Gasteiger partial charge is 0.323 e. The van der Waals surface area contributed by atoms with Crippen LogP contribution >= 0.6 is 0 Å². The summed E-state index contributed by atoms with van der Waals surface area (Å²) in [7, 11) is -3.26. The zero-order valence-corrected chi connectivity index (χ0v) is 12.0. The number of hydrogen-bond acceptors (Lipinski definition) is 5. The summed E-state index contributed by atoms with van der Waals surface area (Å²) in [6.45, 7) is -1.68. The molecule has 0 spiro atoms. The fourth-order valence-corrected chi connectivity index (χ4v) is 3.79. The van der Waals surface area contributed by atoms with Crippen LogP contribution in [0.25, 0.3) is 0 Å². The molecule has 1 rings (SSSR count). The number of carbonyl (C=O) groups is 2. The van der Waals surface area contributed by atoms with Crippen LogP contribution in [0.4, 0.5) is 8.78 Å². The number of amides is 1. The molecular formula is C11H17F2NO6S. The highest BCUT2D eigenvalue weighted by Gasteiger charge is 2.35. The van der Waals surface area contributed by atoms with E-state index in [1.807, 2.05) is 0 Å². The second-order valence-electron chi connectivity index (χ2n) is 4.69. The molecule has 1 amide bonds. The van der Waals surface area contributed by atoms with Gasteiger partial charge in [0.05, 0.1) is 24.5 Å². The van der Waals surface area contributed by atoms with Gasteiger partial charge in [0.15, 0.2) is 9.84 Å². The van der Waals surface area contributed by atoms with Crippen molar-refractivity contribution >= 4 is 21.7 Å². The number of carbonyl (C=O) groups excluding carboxylic acids is 1. The van der Waals surface area contributed by atoms with Crippen LogP contribution in [0.2, 0.25) is 0 Å². The van der Waals surface area contributed by atoms with Gasteiger partial charge in [-0.1, -0.05) is 0 Å². The molecule has 1 saturated heterocycles. The third-order valence-electron chi connectivity index (χ3n) is 2.98. The number of aliphatic carboxylic acids is 1. The highest BCUT2D eigenvalue weighted by Crippen LogP contribution is 2.18. The summed E-state index contributed by atoms with van der Waals surface area (Å²) >= 11 is 0. The van der Waals surface area contributed by atoms with Gasteiger partial charge in [-0.2, -0.15) is 0 Å². The average molecular weight is 329 g/mol. The van der Waals surface area contributed by atoms with Crippen LogP contribution in [0.3, 0.4) is 0 Å². The largest absolute Gasteiger partial charge is 0.480 e. The van der Waals surface area contributed by atoms with E-state index in [0.29, 0.717) is 0 Å². The summed E-state index contributed by atoms with van der Waals surface area (Å²) in [5, 5.41) is 8.79. The summed E-state index contributed by atoms with van der Waals surface area (Å²) in [4.78, 5) is 23.7. The van der Waals surface area contributed by atoms with Crippen LogP contribution < -0.4 is 0 Å². The first-order valence-corrected chi connectivity index (χ1v) is 8.11. The van der Waals surface area contributed by atoms with Crippen molar-refractivity contribution in [1.82, 2.24) is 4.90 Å². The van der Waals surface area contributed by atoms with Gasteiger partial charge in [0.1, 0.15) is 13.2 Å². The molecule has 122 valence electrons. The van der Waals surface area contributed by atoms with Crippen molar-refractivity contribution in [1.29, 1.82) is 0 Å². The normalized spacial score (nSPS) is 20.6. The molecule has 1 unspecified atom stereocenters. The Balaban J connectivity index is 2.56. The number of nitrogens with zero attached hydrogens (tertiary/aromatic N) is 1. The number of alkyl halides is 2. The Kier molecular flexibility index (Phi) is 6.46. The predicted octanol–water partition coefficient (Wildman–Crippen LogP) is -0.242. The van der Waals surface area contributed by atoms with Crippen LogP contribution in [-0.4, -0.2) is 74.0 Å². The van der Waals surface area contributed by atoms with Crippen molar-refractivity contribution in [3.63, 3.8) is 0 Å². The molecule has 0 aromatic heterocycles. The molecule has 1 aliphatic rings. The fraction of sp³-hybridized carbons (Fsp3) is 0.818. The molecule has 0 saturated carbocycles. The summed E-state index contributed by atoms with van der Waals surface area (Å²) in [6, 6.07) is -0.686. The van der Waals surface area contributed by atoms with Crippen molar-refractivity contribution < 1.29 is 36.6 Å². The number of hydrogen-bond donors (Lipinski definition) is 1. The summed E-state index contributed by atoms with van der Waals surface area (Å²) in [5.41, 5.74) is 0. The lowest BCUT2D eigenvalue weighted by Crippen LogP contribution is -2.44. The van der Waals surface area contributed by atoms with Crippen molar-refractivity contribution in [3.8, 4) is 0 Å². The molecule has 1 aliphatic heterocycles. The van der Waals surface area contributed by atoms with E-state index in [2.05, 4.69) is 4.74 Å². The standard InChI is InChI=1S/C11H17F2NO6S/c12-9(13)6-20-3-1-10(15)14(5-11(16)17)8-2-4-21(18,19)7-8/h8-9H,1-7H2,(H,16,17). The first kappa shape index (κ1) is 17.8. The Morgan fingerprint density at radius 1 is 1.38 bits per heavy atom. The molecule has 21 heavy (non-hydrogen) atoms. The third-order valence-corrected chi connectivity index (χ3v) is 4.73. The molecule has 1 heterocycles. The van der Waals surface area contributed by atoms with Crippen LogP contribution in [-0.2, 0) is 24.2 Å². The van der Waals surface area contributed by atoms with Gasteiger partial charge in [0, 0.05) is 6.04 Å². The maximum absolute atomic E-state index is 11.9. The first-order chi connectivity index (χ1) is 9.71. The second kappa shape index (κ2) is 7.64. The van der Waals surface area contributed by atoms with Gasteiger partial charge in [0.25, 0.3) is 6.43 Å². The quantitative estimate of drug-likeness (QED) is 0.617. The van der Waals surface area contributed by atoms with Crippen molar-refractivity contribution in [3.05, 3.63) is 0 Å². The van der Waals surface area contributed by atoms with Crippen molar-refractivity contribution in [2.75, 3.05) is 31.3 Å². The molecule has 0 aromatic carbocycles. The Morgan fingerprint density at radius 2 is 2.05 bits per heavy atom. The average Bonchev–Trinajstić information content (AvgIpc) is 2.71. The molecule has 1 fully saturated rings. The topological polar surface area (TPSA) is 101 Å². The number of carboxylic acid groups (broad SMARTS) is 1. The Labute approximate surface area is 120 Å². The zero-order valence-electron chi connectivity index (χ0n) is 11.2. The Morgan fingerprint density at radius 3 is 2.52 bits per heavy atom. The molecular weight excluding hydrogens is 312 g/mol. The number of ether oxygens (including phenoxy) is 1. The number of sulfone groups is 1. The Bertz CT molecular complexity index is 481. The molecule has 10 heteroatoms. The maximum Gasteiger partial charge on any atom is 0.323 e. The first-order valence-electron chi connectivity index (χ1n) is 6.29. The van der Waals surface area contributed by atoms with Crippen LogP contribution in [0.5, 0.6) is 0 Å². The lowest BCUT2D eigenvalue weighted by atomic mass is 10.2. The second-order valence-corrected chi connectivity index (χ2v) is 6.92. The van der Waals surface area contributed by atoms with Crippen molar-refractivity contribution in [2.45, 2.75) is 25.3 Å². The summed E-state index contributed by atoms with van der Waals surface area (Å²) in [5.74, 6) is -2.25. The van der Waals surface area contributed by atoms with E-state index >= 15 is 0 Å². The number of rotatable bonds is 8. The number of carboxylic acids is 1. The van der Waals surface area contributed by atoms with Crippen LogP contribution in [0.15, 0.2) is 0 Å². The predicted molar refractivity (Wildman–Crippen MR) is 67.8 cm³/mol. The molecule has 0 aliphatic carbocycles. The minimum Gasteiger partial charge on any atom is -0.480 e. The highest BCUT2D eigenvalue weighted by molar-refractivity contribution is 7.91. The van der Waals surface area contributed by atoms with Crippen LogP contribution in [0.1, 0.15) is 12.8 Å². The minimum atomic E-state index is -3.26. The highest BCUT2D eigenvalue weighted by atomic mass is 32.2. The van der Waals surface area contributed by atoms with E-state index in [0.717, 1.165) is 4.90 Å². The molecule has 1 atom stereocenters. The molecule has 0 radical (unpaired) electrons. The molecule has 0 bridgehead atoms. The van der Waals surface area contributed by atoms with Crippen LogP contribution in [0, 0.1) is 0 Å². The summed E-state index contributed by atoms with van der Waals surface area (Å²) in [6.07, 6.45) is -2.73. The number of halogens is 2. The molecule has 0 aromatic rings. The SMILES string of the molecule is O=C(O)CN(C(=O)CCOCC(F)F)C1CCS(=O)(=O)C1. The van der Waals surface area contributed by atoms with E-state index in [1.54, 1.807) is 0 Å².